The fourth-order valence-corrected chi connectivity index (χ4v) is 2.49. The Morgan fingerprint density at radius 2 is 2.04 bits per heavy atom. The van der Waals surface area contributed by atoms with Gasteiger partial charge in [-0.15, -0.1) is 0 Å². The highest BCUT2D eigenvalue weighted by atomic mass is 79.9. The Labute approximate surface area is 145 Å². The molecule has 0 fully saturated rings. The molecule has 23 heavy (non-hydrogen) atoms. The molecule has 5 nitrogen and oxygen atoms in total. The molecule has 0 aliphatic heterocycles. The lowest BCUT2D eigenvalue weighted by Crippen LogP contribution is -2.28. The van der Waals surface area contributed by atoms with Gasteiger partial charge in [0.25, 0.3) is 5.91 Å². The Balaban J connectivity index is 2.22. The number of hydrogen-bond donors (Lipinski definition) is 1. The molecule has 0 unspecified atom stereocenters. The van der Waals surface area contributed by atoms with E-state index >= 15 is 0 Å². The van der Waals surface area contributed by atoms with Crippen LogP contribution in [0.1, 0.15) is 35.9 Å². The van der Waals surface area contributed by atoms with Gasteiger partial charge in [-0.2, -0.15) is 0 Å². The van der Waals surface area contributed by atoms with Crippen LogP contribution in [0.5, 0.6) is 0 Å². The quantitative estimate of drug-likeness (QED) is 0.821. The van der Waals surface area contributed by atoms with Gasteiger partial charge in [0.2, 0.25) is 5.95 Å². The van der Waals surface area contributed by atoms with Crippen LogP contribution in [0.15, 0.2) is 34.8 Å². The van der Waals surface area contributed by atoms with Crippen molar-refractivity contribution in [3.05, 3.63) is 46.2 Å². The number of hydrogen-bond acceptors (Lipinski definition) is 4. The standard InChI is InChI=1S/C17H21BrN4O/c1-4-5-10-22(3)16(23)15-11-12(2)19-17(21-15)20-14-9-7-6-8-13(14)18/h6-9,11H,4-5,10H2,1-3H3,(H,19,20,21). The molecule has 6 heteroatoms. The number of benzene rings is 1. The van der Waals surface area contributed by atoms with E-state index in [1.54, 1.807) is 18.0 Å². The number of para-hydroxylation sites is 1. The van der Waals surface area contributed by atoms with Crippen LogP contribution in [0.25, 0.3) is 0 Å². The van der Waals surface area contributed by atoms with Crippen LogP contribution in [-0.4, -0.2) is 34.4 Å². The molecule has 0 aliphatic carbocycles. The topological polar surface area (TPSA) is 58.1 Å². The van der Waals surface area contributed by atoms with Crippen molar-refractivity contribution < 1.29 is 4.79 Å². The van der Waals surface area contributed by atoms with E-state index in [0.717, 1.165) is 35.2 Å². The lowest BCUT2D eigenvalue weighted by molar-refractivity contribution is 0.0787. The molecular formula is C17H21BrN4O. The van der Waals surface area contributed by atoms with Gasteiger partial charge in [-0.1, -0.05) is 25.5 Å². The SMILES string of the molecule is CCCCN(C)C(=O)c1cc(C)nc(Nc2ccccc2Br)n1. The molecule has 1 aromatic carbocycles. The summed E-state index contributed by atoms with van der Waals surface area (Å²) in [7, 11) is 1.80. The fraction of sp³-hybridized carbons (Fsp3) is 0.353. The minimum absolute atomic E-state index is 0.0841. The van der Waals surface area contributed by atoms with Crippen LogP contribution < -0.4 is 5.32 Å². The van der Waals surface area contributed by atoms with Gasteiger partial charge >= 0.3 is 0 Å². The first kappa shape index (κ1) is 17.4. The molecule has 1 N–H and O–H groups in total. The molecule has 0 atom stereocenters. The lowest BCUT2D eigenvalue weighted by Gasteiger charge is -2.17. The number of rotatable bonds is 6. The van der Waals surface area contributed by atoms with Crippen molar-refractivity contribution in [2.24, 2.45) is 0 Å². The van der Waals surface area contributed by atoms with Gasteiger partial charge in [0.15, 0.2) is 0 Å². The summed E-state index contributed by atoms with van der Waals surface area (Å²) in [5, 5.41) is 3.15. The highest BCUT2D eigenvalue weighted by Gasteiger charge is 2.15. The van der Waals surface area contributed by atoms with E-state index in [4.69, 9.17) is 0 Å². The van der Waals surface area contributed by atoms with Crippen molar-refractivity contribution in [1.82, 2.24) is 14.9 Å². The van der Waals surface area contributed by atoms with Crippen molar-refractivity contribution in [3.8, 4) is 0 Å². The fourth-order valence-electron chi connectivity index (χ4n) is 2.11. The maximum absolute atomic E-state index is 12.5. The molecule has 122 valence electrons. The zero-order valence-electron chi connectivity index (χ0n) is 13.6. The van der Waals surface area contributed by atoms with Crippen molar-refractivity contribution in [1.29, 1.82) is 0 Å². The Kier molecular flexibility index (Phi) is 6.10. The summed E-state index contributed by atoms with van der Waals surface area (Å²) < 4.78 is 0.915. The number of nitrogens with zero attached hydrogens (tertiary/aromatic N) is 3. The second-order valence-corrected chi connectivity index (χ2v) is 6.26. The molecule has 0 saturated heterocycles. The van der Waals surface area contributed by atoms with Crippen LogP contribution >= 0.6 is 15.9 Å². The van der Waals surface area contributed by atoms with E-state index in [2.05, 4.69) is 38.1 Å². The van der Waals surface area contributed by atoms with Crippen LogP contribution in [0.4, 0.5) is 11.6 Å². The van der Waals surface area contributed by atoms with E-state index in [9.17, 15) is 4.79 Å². The number of amides is 1. The van der Waals surface area contributed by atoms with E-state index in [-0.39, 0.29) is 5.91 Å². The van der Waals surface area contributed by atoms with Crippen LogP contribution in [0.3, 0.4) is 0 Å². The van der Waals surface area contributed by atoms with Crippen LogP contribution in [-0.2, 0) is 0 Å². The maximum atomic E-state index is 12.5. The van der Waals surface area contributed by atoms with Crippen LogP contribution in [0.2, 0.25) is 0 Å². The normalized spacial score (nSPS) is 10.4. The highest BCUT2D eigenvalue weighted by molar-refractivity contribution is 9.10. The third kappa shape index (κ3) is 4.76. The van der Waals surface area contributed by atoms with E-state index in [1.807, 2.05) is 31.2 Å². The van der Waals surface area contributed by atoms with Crippen LogP contribution in [0, 0.1) is 6.92 Å². The number of unbranched alkanes of at least 4 members (excludes halogenated alkanes) is 1. The Morgan fingerprint density at radius 3 is 2.74 bits per heavy atom. The summed E-state index contributed by atoms with van der Waals surface area (Å²) >= 11 is 3.48. The lowest BCUT2D eigenvalue weighted by atomic mass is 10.2. The molecule has 1 aromatic heterocycles. The third-order valence-corrected chi connectivity index (χ3v) is 4.08. The van der Waals surface area contributed by atoms with Gasteiger partial charge in [0.05, 0.1) is 5.69 Å². The summed E-state index contributed by atoms with van der Waals surface area (Å²) in [5.74, 6) is 0.336. The monoisotopic (exact) mass is 376 g/mol. The first-order chi connectivity index (χ1) is 11.0. The highest BCUT2D eigenvalue weighted by Crippen LogP contribution is 2.24. The number of carbonyl (C=O) groups excluding carboxylic acids is 1. The number of anilines is 2. The van der Waals surface area contributed by atoms with Gasteiger partial charge in [-0.05, 0) is 47.5 Å². The number of aryl methyl sites for hydroxylation is 1. The summed E-state index contributed by atoms with van der Waals surface area (Å²) in [6.07, 6.45) is 2.03. The number of aromatic nitrogens is 2. The Morgan fingerprint density at radius 1 is 1.30 bits per heavy atom. The molecule has 0 spiro atoms. The smallest absolute Gasteiger partial charge is 0.272 e. The predicted octanol–water partition coefficient (Wildman–Crippen LogP) is 4.16. The molecule has 2 rings (SSSR count). The van der Waals surface area contributed by atoms with Gasteiger partial charge in [0, 0.05) is 23.8 Å². The first-order valence-corrected chi connectivity index (χ1v) is 8.43. The average Bonchev–Trinajstić information content (AvgIpc) is 2.53. The van der Waals surface area contributed by atoms with Gasteiger partial charge in [0.1, 0.15) is 5.69 Å². The molecule has 0 aliphatic rings. The minimum atomic E-state index is -0.0841. The van der Waals surface area contributed by atoms with E-state index < -0.39 is 0 Å². The Hall–Kier alpha value is -1.95. The second kappa shape index (κ2) is 8.06. The van der Waals surface area contributed by atoms with Crippen molar-refractivity contribution in [2.75, 3.05) is 18.9 Å². The summed E-state index contributed by atoms with van der Waals surface area (Å²) in [6, 6.07) is 9.43. The largest absolute Gasteiger partial charge is 0.340 e. The first-order valence-electron chi connectivity index (χ1n) is 7.64. The predicted molar refractivity (Wildman–Crippen MR) is 96.1 cm³/mol. The summed E-state index contributed by atoms with van der Waals surface area (Å²) in [6.45, 7) is 4.69. The molecule has 1 heterocycles. The number of halogens is 1. The number of carbonyl (C=O) groups is 1. The molecule has 1 amide bonds. The summed E-state index contributed by atoms with van der Waals surface area (Å²) in [5.41, 5.74) is 2.02. The third-order valence-electron chi connectivity index (χ3n) is 3.39. The molecule has 2 aromatic rings. The van der Waals surface area contributed by atoms with Crippen molar-refractivity contribution in [3.63, 3.8) is 0 Å². The second-order valence-electron chi connectivity index (χ2n) is 5.40. The average molecular weight is 377 g/mol. The maximum Gasteiger partial charge on any atom is 0.272 e. The van der Waals surface area contributed by atoms with E-state index in [0.29, 0.717) is 11.6 Å². The zero-order chi connectivity index (χ0) is 16.8. The van der Waals surface area contributed by atoms with Gasteiger partial charge in [-0.25, -0.2) is 9.97 Å². The molecule has 0 bridgehead atoms. The zero-order valence-corrected chi connectivity index (χ0v) is 15.2. The van der Waals surface area contributed by atoms with E-state index in [1.165, 1.54) is 0 Å². The van der Waals surface area contributed by atoms with Gasteiger partial charge < -0.3 is 10.2 Å². The van der Waals surface area contributed by atoms with Crippen molar-refractivity contribution >= 4 is 33.5 Å². The van der Waals surface area contributed by atoms with Crippen molar-refractivity contribution in [2.45, 2.75) is 26.7 Å². The van der Waals surface area contributed by atoms with Gasteiger partial charge in [-0.3, -0.25) is 4.79 Å². The summed E-state index contributed by atoms with van der Waals surface area (Å²) in [4.78, 5) is 22.9. The minimum Gasteiger partial charge on any atom is -0.340 e. The molecule has 0 radical (unpaired) electrons. The number of nitrogens with one attached hydrogen (secondary N) is 1. The molecular weight excluding hydrogens is 356 g/mol. The molecule has 0 saturated carbocycles. The Bertz CT molecular complexity index is 690.